The van der Waals surface area contributed by atoms with Crippen LogP contribution in [0.15, 0.2) is 0 Å². The minimum atomic E-state index is -0.102. The van der Waals surface area contributed by atoms with Gasteiger partial charge in [-0.2, -0.15) is 0 Å². The zero-order valence-corrected chi connectivity index (χ0v) is 20.9. The van der Waals surface area contributed by atoms with E-state index < -0.39 is 0 Å². The molecule has 1 saturated heterocycles. The number of hydrogen-bond acceptors (Lipinski definition) is 5. The van der Waals surface area contributed by atoms with Crippen molar-refractivity contribution in [2.24, 2.45) is 13.0 Å². The fourth-order valence-corrected chi connectivity index (χ4v) is 4.82. The van der Waals surface area contributed by atoms with Gasteiger partial charge < -0.3 is 15.0 Å². The van der Waals surface area contributed by atoms with E-state index in [1.807, 2.05) is 25.8 Å². The number of unbranched alkanes of at least 4 members (excludes halogenated alkanes) is 3. The summed E-state index contributed by atoms with van der Waals surface area (Å²) in [6.07, 6.45) is 7.31. The highest BCUT2D eigenvalue weighted by Crippen LogP contribution is 2.30. The smallest absolute Gasteiger partial charge is 0.242 e. The molecule has 0 aromatic carbocycles. The van der Waals surface area contributed by atoms with E-state index in [1.54, 1.807) is 11.8 Å². The third-order valence-corrected chi connectivity index (χ3v) is 6.78. The molecule has 8 nitrogen and oxygen atoms in total. The molecule has 1 fully saturated rings. The molecule has 2 aromatic rings. The summed E-state index contributed by atoms with van der Waals surface area (Å²) in [5.41, 5.74) is 3.84. The van der Waals surface area contributed by atoms with Crippen LogP contribution in [0, 0.1) is 19.8 Å². The van der Waals surface area contributed by atoms with E-state index in [9.17, 15) is 9.59 Å². The molecule has 33 heavy (non-hydrogen) atoms. The van der Waals surface area contributed by atoms with Crippen molar-refractivity contribution in [1.82, 2.24) is 25.0 Å². The number of rotatable bonds is 10. The number of nitrogens with zero attached hydrogens (tertiary/aromatic N) is 4. The van der Waals surface area contributed by atoms with E-state index in [4.69, 9.17) is 9.72 Å². The summed E-state index contributed by atoms with van der Waals surface area (Å²) in [5.74, 6) is 0.654. The van der Waals surface area contributed by atoms with E-state index in [0.717, 1.165) is 66.6 Å². The summed E-state index contributed by atoms with van der Waals surface area (Å²) in [4.78, 5) is 32.2. The summed E-state index contributed by atoms with van der Waals surface area (Å²) in [6.45, 7) is 8.18. The molecule has 0 spiro atoms. The maximum Gasteiger partial charge on any atom is 0.242 e. The first-order chi connectivity index (χ1) is 15.9. The van der Waals surface area contributed by atoms with Crippen LogP contribution in [-0.2, 0) is 23.1 Å². The van der Waals surface area contributed by atoms with Crippen LogP contribution in [0.1, 0.15) is 68.7 Å². The second-order valence-electron chi connectivity index (χ2n) is 9.16. The number of pyridine rings is 1. The van der Waals surface area contributed by atoms with Gasteiger partial charge in [0.05, 0.1) is 18.4 Å². The van der Waals surface area contributed by atoms with Gasteiger partial charge in [-0.3, -0.25) is 9.59 Å². The lowest BCUT2D eigenvalue weighted by atomic mass is 9.95. The van der Waals surface area contributed by atoms with Gasteiger partial charge in [-0.05, 0) is 50.7 Å². The molecule has 182 valence electrons. The monoisotopic (exact) mass is 457 g/mol. The summed E-state index contributed by atoms with van der Waals surface area (Å²) in [7, 11) is 3.46. The van der Waals surface area contributed by atoms with Crippen molar-refractivity contribution in [1.29, 1.82) is 0 Å². The van der Waals surface area contributed by atoms with Gasteiger partial charge in [0.1, 0.15) is 0 Å². The average molecular weight is 458 g/mol. The van der Waals surface area contributed by atoms with Crippen LogP contribution in [0.2, 0.25) is 0 Å². The first-order valence-corrected chi connectivity index (χ1v) is 12.3. The number of likely N-dealkylation sites (tertiary alicyclic amines) is 1. The first kappa shape index (κ1) is 25.0. The van der Waals surface area contributed by atoms with Crippen molar-refractivity contribution < 1.29 is 14.3 Å². The lowest BCUT2D eigenvalue weighted by Gasteiger charge is -2.32. The van der Waals surface area contributed by atoms with Crippen molar-refractivity contribution >= 4 is 22.8 Å². The van der Waals surface area contributed by atoms with Crippen LogP contribution in [0.4, 0.5) is 0 Å². The SMILES string of the molecule is CCCCCCNC(=O)C1CCCN(C(=O)CCc2c(C)nc3c(c(OC)nn3C)c2C)C1. The molecule has 3 heterocycles. The number of fused-ring (bicyclic) bond motifs is 1. The maximum atomic E-state index is 13.0. The van der Waals surface area contributed by atoms with Crippen molar-refractivity contribution in [2.75, 3.05) is 26.7 Å². The number of ether oxygens (including phenoxy) is 1. The lowest BCUT2D eigenvalue weighted by Crippen LogP contribution is -2.45. The Labute approximate surface area is 197 Å². The van der Waals surface area contributed by atoms with Gasteiger partial charge in [-0.25, -0.2) is 9.67 Å². The van der Waals surface area contributed by atoms with Crippen LogP contribution in [-0.4, -0.2) is 58.2 Å². The lowest BCUT2D eigenvalue weighted by molar-refractivity contribution is -0.135. The zero-order chi connectivity index (χ0) is 24.0. The molecule has 0 radical (unpaired) electrons. The molecule has 1 aliphatic heterocycles. The normalized spacial score (nSPS) is 16.3. The Morgan fingerprint density at radius 3 is 2.73 bits per heavy atom. The van der Waals surface area contributed by atoms with E-state index in [-0.39, 0.29) is 17.7 Å². The number of methoxy groups -OCH3 is 1. The number of amides is 2. The minimum Gasteiger partial charge on any atom is -0.479 e. The van der Waals surface area contributed by atoms with Crippen molar-refractivity contribution in [3.05, 3.63) is 16.8 Å². The largest absolute Gasteiger partial charge is 0.479 e. The van der Waals surface area contributed by atoms with E-state index in [2.05, 4.69) is 17.3 Å². The van der Waals surface area contributed by atoms with Gasteiger partial charge in [0.2, 0.25) is 17.7 Å². The molecule has 3 rings (SSSR count). The third kappa shape index (κ3) is 5.84. The van der Waals surface area contributed by atoms with Gasteiger partial charge in [-0.15, -0.1) is 5.10 Å². The number of piperidine rings is 1. The molecule has 2 amide bonds. The van der Waals surface area contributed by atoms with Crippen LogP contribution >= 0.6 is 0 Å². The van der Waals surface area contributed by atoms with Gasteiger partial charge >= 0.3 is 0 Å². The highest BCUT2D eigenvalue weighted by atomic mass is 16.5. The summed E-state index contributed by atoms with van der Waals surface area (Å²) in [6, 6.07) is 0. The Kier molecular flexibility index (Phi) is 8.69. The Bertz CT molecular complexity index is 984. The van der Waals surface area contributed by atoms with Gasteiger partial charge in [0.15, 0.2) is 5.65 Å². The average Bonchev–Trinajstić information content (AvgIpc) is 3.14. The highest BCUT2D eigenvalue weighted by Gasteiger charge is 2.28. The van der Waals surface area contributed by atoms with Crippen molar-refractivity contribution in [3.63, 3.8) is 0 Å². The standard InChI is InChI=1S/C25H39N5O3/c1-6-7-8-9-14-26-24(32)19-11-10-15-30(16-19)21(31)13-12-20-17(2)22-23(27-18(20)3)29(4)28-25(22)33-5/h19H,6-16H2,1-5H3,(H,26,32). The molecule has 1 unspecified atom stereocenters. The second kappa shape index (κ2) is 11.5. The Morgan fingerprint density at radius 2 is 2.00 bits per heavy atom. The Balaban J connectivity index is 1.59. The Hall–Kier alpha value is -2.64. The molecule has 1 N–H and O–H groups in total. The predicted molar refractivity (Wildman–Crippen MR) is 129 cm³/mol. The molecule has 0 bridgehead atoms. The van der Waals surface area contributed by atoms with Gasteiger partial charge in [0, 0.05) is 38.8 Å². The molecule has 8 heteroatoms. The fraction of sp³-hybridized carbons (Fsp3) is 0.680. The van der Waals surface area contributed by atoms with Crippen molar-refractivity contribution in [2.45, 2.75) is 72.1 Å². The maximum absolute atomic E-state index is 13.0. The topological polar surface area (TPSA) is 89.3 Å². The van der Waals surface area contributed by atoms with Crippen LogP contribution < -0.4 is 10.1 Å². The molecule has 0 aliphatic carbocycles. The number of carbonyl (C=O) groups excluding carboxylic acids is 2. The van der Waals surface area contributed by atoms with Crippen LogP contribution in [0.3, 0.4) is 0 Å². The first-order valence-electron chi connectivity index (χ1n) is 12.3. The predicted octanol–water partition coefficient (Wildman–Crippen LogP) is 3.46. The zero-order valence-electron chi connectivity index (χ0n) is 20.9. The van der Waals surface area contributed by atoms with Gasteiger partial charge in [-0.1, -0.05) is 26.2 Å². The summed E-state index contributed by atoms with van der Waals surface area (Å²) in [5, 5.41) is 8.37. The van der Waals surface area contributed by atoms with E-state index in [0.29, 0.717) is 25.3 Å². The number of hydrogen-bond donors (Lipinski definition) is 1. The third-order valence-electron chi connectivity index (χ3n) is 6.78. The summed E-state index contributed by atoms with van der Waals surface area (Å²) < 4.78 is 7.17. The molecule has 1 aliphatic rings. The molecule has 0 saturated carbocycles. The fourth-order valence-electron chi connectivity index (χ4n) is 4.82. The second-order valence-corrected chi connectivity index (χ2v) is 9.16. The van der Waals surface area contributed by atoms with Crippen molar-refractivity contribution in [3.8, 4) is 5.88 Å². The molecular formula is C25H39N5O3. The van der Waals surface area contributed by atoms with Gasteiger partial charge in [0.25, 0.3) is 0 Å². The van der Waals surface area contributed by atoms with Crippen LogP contribution in [0.25, 0.3) is 11.0 Å². The minimum absolute atomic E-state index is 0.0917. The number of aromatic nitrogens is 3. The summed E-state index contributed by atoms with van der Waals surface area (Å²) >= 11 is 0. The van der Waals surface area contributed by atoms with Crippen LogP contribution in [0.5, 0.6) is 5.88 Å². The molecule has 2 aromatic heterocycles. The Morgan fingerprint density at radius 1 is 1.21 bits per heavy atom. The molecular weight excluding hydrogens is 418 g/mol. The van der Waals surface area contributed by atoms with E-state index in [1.165, 1.54) is 12.8 Å². The quantitative estimate of drug-likeness (QED) is 0.552. The number of carbonyl (C=O) groups is 2. The molecule has 1 atom stereocenters. The number of nitrogens with one attached hydrogen (secondary N) is 1. The van der Waals surface area contributed by atoms with E-state index >= 15 is 0 Å². The highest BCUT2D eigenvalue weighted by molar-refractivity contribution is 5.86. The number of aryl methyl sites for hydroxylation is 3.